The average molecular weight is 263 g/mol. The first-order chi connectivity index (χ1) is 7.54. The SMILES string of the molecule is CCOC(=O)/C(O)=C\c1cc(Cl)nnc1Cl. The molecule has 0 radical (unpaired) electrons. The highest BCUT2D eigenvalue weighted by Gasteiger charge is 2.10. The molecule has 0 aliphatic carbocycles. The summed E-state index contributed by atoms with van der Waals surface area (Å²) in [5.74, 6) is -1.42. The summed E-state index contributed by atoms with van der Waals surface area (Å²) in [6.45, 7) is 1.79. The lowest BCUT2D eigenvalue weighted by atomic mass is 10.2. The highest BCUT2D eigenvalue weighted by Crippen LogP contribution is 2.18. The number of esters is 1. The van der Waals surface area contributed by atoms with E-state index in [-0.39, 0.29) is 22.5 Å². The molecule has 0 saturated heterocycles. The number of aliphatic hydroxyl groups excluding tert-OH is 1. The highest BCUT2D eigenvalue weighted by atomic mass is 35.5. The number of rotatable bonds is 3. The minimum atomic E-state index is -0.841. The molecule has 0 amide bonds. The third-order valence-corrected chi connectivity index (χ3v) is 2.00. The monoisotopic (exact) mass is 262 g/mol. The Kier molecular flexibility index (Phi) is 4.52. The Morgan fingerprint density at radius 3 is 2.88 bits per heavy atom. The second kappa shape index (κ2) is 5.67. The fourth-order valence-electron chi connectivity index (χ4n) is 0.879. The first kappa shape index (κ1) is 12.7. The number of ether oxygens (including phenoxy) is 1. The van der Waals surface area contributed by atoms with E-state index in [0.717, 1.165) is 6.08 Å². The topological polar surface area (TPSA) is 72.3 Å². The molecule has 0 saturated carbocycles. The van der Waals surface area contributed by atoms with Gasteiger partial charge in [0.25, 0.3) is 0 Å². The molecule has 0 spiro atoms. The maximum Gasteiger partial charge on any atom is 0.373 e. The van der Waals surface area contributed by atoms with Gasteiger partial charge in [0.15, 0.2) is 10.3 Å². The fraction of sp³-hybridized carbons (Fsp3) is 0.222. The molecular formula is C9H8Cl2N2O3. The number of aromatic nitrogens is 2. The molecule has 0 aliphatic heterocycles. The van der Waals surface area contributed by atoms with Crippen molar-refractivity contribution in [1.29, 1.82) is 0 Å². The van der Waals surface area contributed by atoms with Crippen LogP contribution in [0.25, 0.3) is 6.08 Å². The van der Waals surface area contributed by atoms with E-state index in [0.29, 0.717) is 0 Å². The molecular weight excluding hydrogens is 255 g/mol. The van der Waals surface area contributed by atoms with Crippen LogP contribution < -0.4 is 0 Å². The molecule has 1 aromatic rings. The largest absolute Gasteiger partial charge is 0.502 e. The van der Waals surface area contributed by atoms with Gasteiger partial charge in [0.05, 0.1) is 6.61 Å². The predicted molar refractivity (Wildman–Crippen MR) is 59.3 cm³/mol. The van der Waals surface area contributed by atoms with Gasteiger partial charge in [0.1, 0.15) is 0 Å². The molecule has 0 bridgehead atoms. The minimum absolute atomic E-state index is 0.0280. The van der Waals surface area contributed by atoms with Gasteiger partial charge in [-0.05, 0) is 19.1 Å². The molecule has 1 N–H and O–H groups in total. The first-order valence-electron chi connectivity index (χ1n) is 4.31. The van der Waals surface area contributed by atoms with Gasteiger partial charge >= 0.3 is 5.97 Å². The quantitative estimate of drug-likeness (QED) is 0.514. The van der Waals surface area contributed by atoms with Crippen LogP contribution in [0.5, 0.6) is 0 Å². The second-order valence-corrected chi connectivity index (χ2v) is 3.41. The van der Waals surface area contributed by atoms with E-state index in [1.54, 1.807) is 6.92 Å². The van der Waals surface area contributed by atoms with Gasteiger partial charge in [0.2, 0.25) is 5.76 Å². The number of carbonyl (C=O) groups is 1. The van der Waals surface area contributed by atoms with Crippen molar-refractivity contribution in [3.8, 4) is 0 Å². The zero-order valence-electron chi connectivity index (χ0n) is 8.28. The summed E-state index contributed by atoms with van der Waals surface area (Å²) in [6.07, 6.45) is 1.11. The Morgan fingerprint density at radius 1 is 1.56 bits per heavy atom. The Hall–Kier alpha value is -1.33. The van der Waals surface area contributed by atoms with Gasteiger partial charge in [-0.1, -0.05) is 23.2 Å². The average Bonchev–Trinajstić information content (AvgIpc) is 2.23. The maximum absolute atomic E-state index is 11.1. The van der Waals surface area contributed by atoms with Crippen molar-refractivity contribution in [2.45, 2.75) is 6.92 Å². The van der Waals surface area contributed by atoms with Crippen molar-refractivity contribution in [2.75, 3.05) is 6.61 Å². The van der Waals surface area contributed by atoms with Crippen molar-refractivity contribution >= 4 is 35.2 Å². The number of hydrogen-bond donors (Lipinski definition) is 1. The summed E-state index contributed by atoms with van der Waals surface area (Å²) in [5.41, 5.74) is 0.284. The minimum Gasteiger partial charge on any atom is -0.502 e. The van der Waals surface area contributed by atoms with Gasteiger partial charge in [-0.25, -0.2) is 4.79 Å². The van der Waals surface area contributed by atoms with Crippen molar-refractivity contribution in [2.24, 2.45) is 0 Å². The van der Waals surface area contributed by atoms with Crippen LogP contribution in [0.1, 0.15) is 12.5 Å². The summed E-state index contributed by atoms with van der Waals surface area (Å²) in [4.78, 5) is 11.1. The summed E-state index contributed by atoms with van der Waals surface area (Å²) in [5, 5.41) is 16.5. The van der Waals surface area contributed by atoms with Crippen molar-refractivity contribution in [1.82, 2.24) is 10.2 Å². The summed E-state index contributed by atoms with van der Waals surface area (Å²) in [6, 6.07) is 1.37. The van der Waals surface area contributed by atoms with E-state index in [9.17, 15) is 9.90 Å². The van der Waals surface area contributed by atoms with Gasteiger partial charge in [-0.3, -0.25) is 0 Å². The van der Waals surface area contributed by atoms with E-state index in [2.05, 4.69) is 14.9 Å². The number of nitrogens with zero attached hydrogens (tertiary/aromatic N) is 2. The van der Waals surface area contributed by atoms with Crippen molar-refractivity contribution in [3.05, 3.63) is 27.7 Å². The highest BCUT2D eigenvalue weighted by molar-refractivity contribution is 6.32. The van der Waals surface area contributed by atoms with Gasteiger partial charge in [-0.15, -0.1) is 10.2 Å². The molecule has 0 aromatic carbocycles. The standard InChI is InChI=1S/C9H8Cl2N2O3/c1-2-16-9(15)6(14)3-5-4-7(10)12-13-8(5)11/h3-4,14H,2H2,1H3/b6-3+. The van der Waals surface area contributed by atoms with E-state index in [1.165, 1.54) is 6.07 Å². The lowest BCUT2D eigenvalue weighted by molar-refractivity contribution is -0.141. The van der Waals surface area contributed by atoms with Gasteiger partial charge < -0.3 is 9.84 Å². The molecule has 0 atom stereocenters. The molecule has 1 rings (SSSR count). The molecule has 86 valence electrons. The zero-order chi connectivity index (χ0) is 12.1. The lowest BCUT2D eigenvalue weighted by Crippen LogP contribution is -2.06. The van der Waals surface area contributed by atoms with E-state index >= 15 is 0 Å². The Balaban J connectivity index is 2.97. The van der Waals surface area contributed by atoms with Crippen LogP contribution in [-0.4, -0.2) is 27.9 Å². The predicted octanol–water partition coefficient (Wildman–Crippen LogP) is 2.25. The molecule has 1 aromatic heterocycles. The zero-order valence-corrected chi connectivity index (χ0v) is 9.79. The molecule has 0 unspecified atom stereocenters. The van der Waals surface area contributed by atoms with Crippen molar-refractivity contribution in [3.63, 3.8) is 0 Å². The van der Waals surface area contributed by atoms with Crippen LogP contribution in [0.4, 0.5) is 0 Å². The number of halogens is 2. The molecule has 0 fully saturated rings. The normalized spacial score (nSPS) is 11.3. The van der Waals surface area contributed by atoms with E-state index in [1.807, 2.05) is 0 Å². The van der Waals surface area contributed by atoms with Gasteiger partial charge in [0, 0.05) is 5.56 Å². The number of aliphatic hydroxyl groups is 1. The Morgan fingerprint density at radius 2 is 2.25 bits per heavy atom. The van der Waals surface area contributed by atoms with Crippen LogP contribution >= 0.6 is 23.2 Å². The van der Waals surface area contributed by atoms with E-state index < -0.39 is 11.7 Å². The third-order valence-electron chi connectivity index (χ3n) is 1.52. The molecule has 5 nitrogen and oxygen atoms in total. The summed E-state index contributed by atoms with van der Waals surface area (Å²) in [7, 11) is 0. The number of carbonyl (C=O) groups excluding carboxylic acids is 1. The van der Waals surface area contributed by atoms with Crippen molar-refractivity contribution < 1.29 is 14.6 Å². The lowest BCUT2D eigenvalue weighted by Gasteiger charge is -2.01. The van der Waals surface area contributed by atoms with E-state index in [4.69, 9.17) is 23.2 Å². The smallest absolute Gasteiger partial charge is 0.373 e. The summed E-state index contributed by atoms with van der Waals surface area (Å²) >= 11 is 11.3. The molecule has 1 heterocycles. The fourth-order valence-corrected chi connectivity index (χ4v) is 1.18. The van der Waals surface area contributed by atoms with Crippen LogP contribution in [-0.2, 0) is 9.53 Å². The molecule has 16 heavy (non-hydrogen) atoms. The molecule has 0 aliphatic rings. The van der Waals surface area contributed by atoms with Gasteiger partial charge in [-0.2, -0.15) is 0 Å². The number of hydrogen-bond acceptors (Lipinski definition) is 5. The van der Waals surface area contributed by atoms with Crippen LogP contribution in [0.15, 0.2) is 11.8 Å². The van der Waals surface area contributed by atoms with Crippen LogP contribution in [0.3, 0.4) is 0 Å². The first-order valence-corrected chi connectivity index (χ1v) is 5.06. The Labute approximate surface area is 102 Å². The third kappa shape index (κ3) is 3.36. The summed E-state index contributed by atoms with van der Waals surface area (Å²) < 4.78 is 4.58. The Bertz CT molecular complexity index is 435. The second-order valence-electron chi connectivity index (χ2n) is 2.66. The maximum atomic E-state index is 11.1. The molecule has 7 heteroatoms. The van der Waals surface area contributed by atoms with Crippen LogP contribution in [0, 0.1) is 0 Å². The van der Waals surface area contributed by atoms with Crippen LogP contribution in [0.2, 0.25) is 10.3 Å².